The maximum atomic E-state index is 5.55. The van der Waals surface area contributed by atoms with Gasteiger partial charge in [-0.2, -0.15) is 0 Å². The summed E-state index contributed by atoms with van der Waals surface area (Å²) in [6, 6.07) is 33.0. The minimum absolute atomic E-state index is 0.502. The van der Waals surface area contributed by atoms with Crippen molar-refractivity contribution >= 4 is 45.1 Å². The zero-order valence-electron chi connectivity index (χ0n) is 28.9. The number of aliphatic imine (C=N–C) groups is 1. The van der Waals surface area contributed by atoms with E-state index in [1.807, 2.05) is 7.05 Å². The van der Waals surface area contributed by atoms with Gasteiger partial charge in [-0.15, -0.1) is 0 Å². The highest BCUT2D eigenvalue weighted by atomic mass is 14.9. The predicted octanol–water partition coefficient (Wildman–Crippen LogP) is 12.3. The van der Waals surface area contributed by atoms with Gasteiger partial charge in [-0.1, -0.05) is 134 Å². The highest BCUT2D eigenvalue weighted by Crippen LogP contribution is 2.44. The molecule has 8 rings (SSSR count). The van der Waals surface area contributed by atoms with Crippen LogP contribution in [-0.2, 0) is 12.8 Å². The van der Waals surface area contributed by atoms with Crippen LogP contribution in [0.3, 0.4) is 0 Å². The number of hydrogen-bond acceptors (Lipinski definition) is 2. The van der Waals surface area contributed by atoms with Gasteiger partial charge in [0.2, 0.25) is 0 Å². The van der Waals surface area contributed by atoms with Crippen LogP contribution in [0.1, 0.15) is 51.8 Å². The zero-order chi connectivity index (χ0) is 34.0. The summed E-state index contributed by atoms with van der Waals surface area (Å²) in [5, 5.41) is 5.96. The number of benzene rings is 5. The van der Waals surface area contributed by atoms with Crippen LogP contribution >= 0.6 is 0 Å². The molecule has 244 valence electrons. The molecule has 1 unspecified atom stereocenters. The van der Waals surface area contributed by atoms with E-state index < -0.39 is 0 Å². The van der Waals surface area contributed by atoms with Crippen LogP contribution < -0.4 is 5.32 Å². The molecule has 2 heteroatoms. The third kappa shape index (κ3) is 5.92. The number of rotatable bonds is 6. The molecule has 0 aromatic heterocycles. The second kappa shape index (κ2) is 13.6. The summed E-state index contributed by atoms with van der Waals surface area (Å²) in [5.41, 5.74) is 16.4. The maximum Gasteiger partial charge on any atom is 0.0949 e. The second-order valence-electron chi connectivity index (χ2n) is 13.6. The Hall–Kier alpha value is -5.73. The van der Waals surface area contributed by atoms with E-state index in [0.717, 1.165) is 70.4 Å². The minimum atomic E-state index is 0.502. The van der Waals surface area contributed by atoms with Crippen molar-refractivity contribution in [2.45, 2.75) is 32.6 Å². The normalized spacial score (nSPS) is 19.0. The van der Waals surface area contributed by atoms with E-state index in [9.17, 15) is 0 Å². The highest BCUT2D eigenvalue weighted by molar-refractivity contribution is 6.17. The largest absolute Gasteiger partial charge is 0.386 e. The van der Waals surface area contributed by atoms with Gasteiger partial charge in [-0.25, -0.2) is 4.99 Å². The molecule has 0 spiro atoms. The van der Waals surface area contributed by atoms with Crippen molar-refractivity contribution in [2.24, 2.45) is 10.9 Å². The molecule has 5 aromatic carbocycles. The summed E-state index contributed by atoms with van der Waals surface area (Å²) in [4.78, 5) is 5.55. The first kappa shape index (κ1) is 31.5. The summed E-state index contributed by atoms with van der Waals surface area (Å²) in [6.07, 6.45) is 24.3. The SMILES string of the molecule is C=C1/C=C(c2ccc(CC3C=CC=CC3)c(-c3ccccc3C)c2)\C=C/C(=Nc2c(NC)c3c(c4ccccc24)C=CCC3)c2ccccc21. The molecule has 0 saturated carbocycles. The lowest BCUT2D eigenvalue weighted by Gasteiger charge is -2.22. The van der Waals surface area contributed by atoms with Crippen LogP contribution in [0, 0.1) is 12.8 Å². The molecule has 0 radical (unpaired) electrons. The molecule has 0 heterocycles. The molecule has 2 nitrogen and oxygen atoms in total. The summed E-state index contributed by atoms with van der Waals surface area (Å²) >= 11 is 0. The minimum Gasteiger partial charge on any atom is -0.386 e. The van der Waals surface area contributed by atoms with Crippen molar-refractivity contribution in [2.75, 3.05) is 12.4 Å². The molecule has 3 aliphatic rings. The molecule has 0 bridgehead atoms. The number of anilines is 1. The second-order valence-corrected chi connectivity index (χ2v) is 13.6. The molecular formula is C48H42N2. The van der Waals surface area contributed by atoms with E-state index in [0.29, 0.717) is 5.92 Å². The average Bonchev–Trinajstić information content (AvgIpc) is 3.16. The number of hydrogen-bond donors (Lipinski definition) is 1. The summed E-state index contributed by atoms with van der Waals surface area (Å²) < 4.78 is 0. The van der Waals surface area contributed by atoms with Crippen LogP contribution in [0.5, 0.6) is 0 Å². The van der Waals surface area contributed by atoms with E-state index in [4.69, 9.17) is 4.99 Å². The van der Waals surface area contributed by atoms with E-state index in [1.165, 1.54) is 44.3 Å². The topological polar surface area (TPSA) is 24.4 Å². The Morgan fingerprint density at radius 1 is 0.780 bits per heavy atom. The molecule has 3 aliphatic carbocycles. The van der Waals surface area contributed by atoms with Gasteiger partial charge in [-0.05, 0) is 118 Å². The third-order valence-electron chi connectivity index (χ3n) is 10.4. The Balaban J connectivity index is 1.28. The van der Waals surface area contributed by atoms with Crippen molar-refractivity contribution in [3.63, 3.8) is 0 Å². The Kier molecular flexibility index (Phi) is 8.61. The summed E-state index contributed by atoms with van der Waals surface area (Å²) in [5.74, 6) is 0.502. The fraction of sp³-hybridized carbons (Fsp3) is 0.146. The van der Waals surface area contributed by atoms with Gasteiger partial charge in [0.25, 0.3) is 0 Å². The van der Waals surface area contributed by atoms with E-state index >= 15 is 0 Å². The lowest BCUT2D eigenvalue weighted by atomic mass is 9.85. The van der Waals surface area contributed by atoms with Crippen molar-refractivity contribution in [3.8, 4) is 11.1 Å². The monoisotopic (exact) mass is 646 g/mol. The highest BCUT2D eigenvalue weighted by Gasteiger charge is 2.21. The number of allylic oxidation sites excluding steroid dienone is 10. The molecule has 0 aliphatic heterocycles. The Morgan fingerprint density at radius 2 is 1.56 bits per heavy atom. The fourth-order valence-electron chi connectivity index (χ4n) is 7.85. The molecule has 0 amide bonds. The van der Waals surface area contributed by atoms with Crippen molar-refractivity contribution < 1.29 is 0 Å². The first-order valence-corrected chi connectivity index (χ1v) is 17.8. The van der Waals surface area contributed by atoms with Crippen molar-refractivity contribution in [1.82, 2.24) is 0 Å². The van der Waals surface area contributed by atoms with Crippen LogP contribution in [0.25, 0.3) is 39.1 Å². The zero-order valence-corrected chi connectivity index (χ0v) is 28.9. The Bertz CT molecular complexity index is 2340. The van der Waals surface area contributed by atoms with Gasteiger partial charge in [0.05, 0.1) is 17.1 Å². The average molecular weight is 647 g/mol. The van der Waals surface area contributed by atoms with Crippen LogP contribution in [0.15, 0.2) is 151 Å². The smallest absolute Gasteiger partial charge is 0.0949 e. The number of nitrogens with zero attached hydrogens (tertiary/aromatic N) is 1. The van der Waals surface area contributed by atoms with Gasteiger partial charge < -0.3 is 5.32 Å². The number of fused-ring (bicyclic) bond motifs is 4. The first-order chi connectivity index (χ1) is 24.6. The Morgan fingerprint density at radius 3 is 2.36 bits per heavy atom. The molecule has 0 saturated heterocycles. The standard InChI is InChI=1S/C48H42N2/c1-32-15-7-8-18-38(32)45-31-36(25-26-37(45)30-34-16-5-4-6-17-34)35-27-28-46(42-22-12-9-19-39(42)33(2)29-35)50-48-44-24-14-11-21-41(44)40-20-10-13-23-43(40)47(48)49-3/h4-12,14-16,18-22,24-29,31,34,49H,2,13,17,23,30H2,1,3H3/b28-27-,35-29+,50-46?. The molecule has 50 heavy (non-hydrogen) atoms. The molecule has 1 N–H and O–H groups in total. The summed E-state index contributed by atoms with van der Waals surface area (Å²) in [7, 11) is 2.02. The van der Waals surface area contributed by atoms with Crippen LogP contribution in [0.2, 0.25) is 0 Å². The van der Waals surface area contributed by atoms with Gasteiger partial charge in [0, 0.05) is 18.0 Å². The lowest BCUT2D eigenvalue weighted by molar-refractivity contribution is 0.654. The Labute approximate surface area is 296 Å². The fourth-order valence-corrected chi connectivity index (χ4v) is 7.85. The van der Waals surface area contributed by atoms with E-state index in [1.54, 1.807) is 0 Å². The molecule has 0 fully saturated rings. The molecular weight excluding hydrogens is 605 g/mol. The molecule has 5 aromatic rings. The van der Waals surface area contributed by atoms with Gasteiger partial charge in [-0.3, -0.25) is 0 Å². The van der Waals surface area contributed by atoms with Crippen molar-refractivity contribution in [3.05, 3.63) is 185 Å². The quantitative estimate of drug-likeness (QED) is 0.195. The van der Waals surface area contributed by atoms with E-state index in [2.05, 4.69) is 164 Å². The van der Waals surface area contributed by atoms with Gasteiger partial charge in [0.15, 0.2) is 0 Å². The lowest BCUT2D eigenvalue weighted by Crippen LogP contribution is -2.06. The number of nitrogens with one attached hydrogen (secondary N) is 1. The third-order valence-corrected chi connectivity index (χ3v) is 10.4. The van der Waals surface area contributed by atoms with Crippen LogP contribution in [-0.4, -0.2) is 12.8 Å². The van der Waals surface area contributed by atoms with Gasteiger partial charge >= 0.3 is 0 Å². The molecule has 1 atom stereocenters. The predicted molar refractivity (Wildman–Crippen MR) is 216 cm³/mol. The van der Waals surface area contributed by atoms with Gasteiger partial charge in [0.1, 0.15) is 0 Å². The maximum absolute atomic E-state index is 5.55. The van der Waals surface area contributed by atoms with Crippen molar-refractivity contribution in [1.29, 1.82) is 0 Å². The van der Waals surface area contributed by atoms with Crippen LogP contribution in [0.4, 0.5) is 11.4 Å². The first-order valence-electron chi connectivity index (χ1n) is 17.8. The number of aryl methyl sites for hydroxylation is 1. The summed E-state index contributed by atoms with van der Waals surface area (Å²) in [6.45, 7) is 6.82. The van der Waals surface area contributed by atoms with E-state index in [-0.39, 0.29) is 0 Å².